The van der Waals surface area contributed by atoms with E-state index in [9.17, 15) is 24.6 Å². The zero-order valence-electron chi connectivity index (χ0n) is 20.0. The van der Waals surface area contributed by atoms with Crippen molar-refractivity contribution in [1.29, 1.82) is 0 Å². The summed E-state index contributed by atoms with van der Waals surface area (Å²) in [6, 6.07) is 20.2. The van der Waals surface area contributed by atoms with E-state index in [-0.39, 0.29) is 40.2 Å². The number of hydrogen-bond acceptors (Lipinski definition) is 7. The number of hydrogen-bond donors (Lipinski definition) is 4. The molecule has 0 saturated heterocycles. The average Bonchev–Trinajstić information content (AvgIpc) is 2.90. The van der Waals surface area contributed by atoms with Crippen molar-refractivity contribution >= 4 is 28.7 Å². The van der Waals surface area contributed by atoms with E-state index in [1.807, 2.05) is 37.3 Å². The predicted octanol–water partition coefficient (Wildman–Crippen LogP) is 4.67. The maximum Gasteiger partial charge on any atom is 0.262 e. The summed E-state index contributed by atoms with van der Waals surface area (Å²) in [7, 11) is 0. The summed E-state index contributed by atoms with van der Waals surface area (Å²) in [6.45, 7) is 4.04. The summed E-state index contributed by atoms with van der Waals surface area (Å²) in [6.07, 6.45) is 0.680. The minimum absolute atomic E-state index is 0.00845. The van der Waals surface area contributed by atoms with Crippen LogP contribution in [0, 0.1) is 0 Å². The maximum atomic E-state index is 13.3. The van der Waals surface area contributed by atoms with Gasteiger partial charge in [-0.15, -0.1) is 0 Å². The molecule has 0 aliphatic heterocycles. The number of para-hydroxylation sites is 1. The first-order chi connectivity index (χ1) is 17.3. The highest BCUT2D eigenvalue weighted by atomic mass is 16.3. The number of nitrogens with one attached hydrogen (secondary N) is 2. The minimum Gasteiger partial charge on any atom is -0.508 e. The smallest absolute Gasteiger partial charge is 0.262 e. The fourth-order valence-electron chi connectivity index (χ4n) is 4.13. The van der Waals surface area contributed by atoms with Gasteiger partial charge in [0.15, 0.2) is 5.75 Å². The van der Waals surface area contributed by atoms with Crippen LogP contribution in [0.15, 0.2) is 82.4 Å². The molecule has 1 amide bonds. The van der Waals surface area contributed by atoms with E-state index < -0.39 is 16.8 Å². The second-order valence-corrected chi connectivity index (χ2v) is 8.32. The lowest BCUT2D eigenvalue weighted by molar-refractivity contribution is 0.0986. The molecule has 0 aliphatic carbocycles. The van der Waals surface area contributed by atoms with Crippen LogP contribution in [0.25, 0.3) is 0 Å². The molecule has 0 aromatic heterocycles. The molecule has 4 aromatic rings. The van der Waals surface area contributed by atoms with Gasteiger partial charge in [0.1, 0.15) is 17.1 Å². The molecule has 8 heteroatoms. The van der Waals surface area contributed by atoms with Gasteiger partial charge in [0.25, 0.3) is 16.8 Å². The van der Waals surface area contributed by atoms with Gasteiger partial charge in [-0.3, -0.25) is 14.4 Å². The standard InChI is InChI=1S/C28H27N3O5/c1-3-21(17-10-6-5-7-11-17)29-23-24(27(35)26(23)34)30-22-15-9-14-20(25(22)33)28(36)31(4-2)18-12-8-13-19(32)16-18/h5-16,21,29-30,32-33H,3-4H2,1-2H3/t21-/m1/s1. The molecule has 0 fully saturated rings. The number of carbonyl (C=O) groups is 1. The Balaban J connectivity index is 1.62. The van der Waals surface area contributed by atoms with E-state index in [0.717, 1.165) is 5.56 Å². The van der Waals surface area contributed by atoms with Crippen molar-refractivity contribution in [3.05, 3.63) is 104 Å². The van der Waals surface area contributed by atoms with Crippen LogP contribution in [0.4, 0.5) is 22.7 Å². The number of carbonyl (C=O) groups excluding carboxylic acids is 1. The lowest BCUT2D eigenvalue weighted by Crippen LogP contribution is -2.37. The van der Waals surface area contributed by atoms with Gasteiger partial charge in [-0.1, -0.05) is 49.4 Å². The third-order valence-corrected chi connectivity index (χ3v) is 6.07. The van der Waals surface area contributed by atoms with E-state index in [4.69, 9.17) is 0 Å². The summed E-state index contributed by atoms with van der Waals surface area (Å²) in [5.41, 5.74) is 0.411. The summed E-state index contributed by atoms with van der Waals surface area (Å²) >= 11 is 0. The first kappa shape index (κ1) is 24.5. The molecule has 0 unspecified atom stereocenters. The average molecular weight is 486 g/mol. The topological polar surface area (TPSA) is 119 Å². The molecule has 0 heterocycles. The van der Waals surface area contributed by atoms with Gasteiger partial charge in [0.05, 0.1) is 17.3 Å². The lowest BCUT2D eigenvalue weighted by atomic mass is 10.0. The number of amides is 1. The Morgan fingerprint density at radius 3 is 2.25 bits per heavy atom. The van der Waals surface area contributed by atoms with Gasteiger partial charge in [-0.2, -0.15) is 0 Å². The van der Waals surface area contributed by atoms with Crippen LogP contribution in [0.2, 0.25) is 0 Å². The van der Waals surface area contributed by atoms with E-state index in [2.05, 4.69) is 10.6 Å². The second kappa shape index (κ2) is 10.4. The summed E-state index contributed by atoms with van der Waals surface area (Å²) in [5, 5.41) is 26.7. The van der Waals surface area contributed by atoms with Crippen LogP contribution in [0.5, 0.6) is 11.5 Å². The number of benzene rings is 3. The third kappa shape index (κ3) is 4.65. The van der Waals surface area contributed by atoms with E-state index in [1.54, 1.807) is 25.1 Å². The molecule has 8 nitrogen and oxygen atoms in total. The quantitative estimate of drug-likeness (QED) is 0.201. The van der Waals surface area contributed by atoms with Crippen LogP contribution in [0.1, 0.15) is 42.2 Å². The summed E-state index contributed by atoms with van der Waals surface area (Å²) < 4.78 is 0. The van der Waals surface area contributed by atoms with Crippen molar-refractivity contribution < 1.29 is 15.0 Å². The molecule has 0 aliphatic rings. The van der Waals surface area contributed by atoms with Crippen LogP contribution in [0.3, 0.4) is 0 Å². The van der Waals surface area contributed by atoms with Gasteiger partial charge < -0.3 is 25.7 Å². The maximum absolute atomic E-state index is 13.3. The molecular weight excluding hydrogens is 458 g/mol. The largest absolute Gasteiger partial charge is 0.508 e. The molecule has 4 aromatic carbocycles. The molecule has 0 spiro atoms. The number of nitrogens with zero attached hydrogens (tertiary/aromatic N) is 1. The number of phenols is 2. The summed E-state index contributed by atoms with van der Waals surface area (Å²) in [4.78, 5) is 39.4. The monoisotopic (exact) mass is 485 g/mol. The minimum atomic E-state index is -0.702. The molecule has 0 radical (unpaired) electrons. The number of rotatable bonds is 9. The Morgan fingerprint density at radius 2 is 1.58 bits per heavy atom. The zero-order valence-corrected chi connectivity index (χ0v) is 20.0. The van der Waals surface area contributed by atoms with Gasteiger partial charge in [-0.05, 0) is 43.2 Å². The first-order valence-electron chi connectivity index (χ1n) is 11.7. The highest BCUT2D eigenvalue weighted by molar-refractivity contribution is 6.09. The molecule has 1 atom stereocenters. The van der Waals surface area contributed by atoms with Crippen molar-refractivity contribution in [2.75, 3.05) is 22.1 Å². The third-order valence-electron chi connectivity index (χ3n) is 6.07. The lowest BCUT2D eigenvalue weighted by Gasteiger charge is -2.23. The van der Waals surface area contributed by atoms with Crippen molar-refractivity contribution in [3.8, 4) is 11.5 Å². The molecule has 4 N–H and O–H groups in total. The normalized spacial score (nSPS) is 11.7. The number of aromatic hydroxyl groups is 2. The number of phenolic OH excluding ortho intramolecular Hbond substituents is 2. The zero-order chi connectivity index (χ0) is 25.8. The van der Waals surface area contributed by atoms with E-state index >= 15 is 0 Å². The van der Waals surface area contributed by atoms with Crippen molar-refractivity contribution in [3.63, 3.8) is 0 Å². The SMILES string of the molecule is CC[C@@H](Nc1c(Nc2cccc(C(=O)N(CC)c3cccc(O)c3)c2O)c(=O)c1=O)c1ccccc1. The van der Waals surface area contributed by atoms with Crippen molar-refractivity contribution in [2.24, 2.45) is 0 Å². The Bertz CT molecular complexity index is 1460. The summed E-state index contributed by atoms with van der Waals surface area (Å²) in [5.74, 6) is -0.822. The molecule has 4 rings (SSSR count). The van der Waals surface area contributed by atoms with Gasteiger partial charge in [0, 0.05) is 18.3 Å². The first-order valence-corrected chi connectivity index (χ1v) is 11.7. The molecule has 36 heavy (non-hydrogen) atoms. The van der Waals surface area contributed by atoms with Crippen LogP contribution < -0.4 is 26.4 Å². The molecular formula is C28H27N3O5. The molecule has 0 saturated carbocycles. The number of anilines is 4. The van der Waals surface area contributed by atoms with Crippen molar-refractivity contribution in [2.45, 2.75) is 26.3 Å². The fourth-order valence-corrected chi connectivity index (χ4v) is 4.13. The van der Waals surface area contributed by atoms with Crippen molar-refractivity contribution in [1.82, 2.24) is 0 Å². The van der Waals surface area contributed by atoms with Crippen LogP contribution in [-0.2, 0) is 0 Å². The Labute approximate surface area is 208 Å². The van der Waals surface area contributed by atoms with E-state index in [1.165, 1.54) is 29.2 Å². The van der Waals surface area contributed by atoms with Gasteiger partial charge in [-0.25, -0.2) is 0 Å². The second-order valence-electron chi connectivity index (χ2n) is 8.32. The van der Waals surface area contributed by atoms with Crippen LogP contribution >= 0.6 is 0 Å². The Hall–Kier alpha value is -4.59. The Kier molecular flexibility index (Phi) is 7.05. The Morgan fingerprint density at radius 1 is 0.889 bits per heavy atom. The highest BCUT2D eigenvalue weighted by Gasteiger charge is 2.26. The predicted molar refractivity (Wildman–Crippen MR) is 141 cm³/mol. The van der Waals surface area contributed by atoms with E-state index in [0.29, 0.717) is 18.7 Å². The van der Waals surface area contributed by atoms with Crippen LogP contribution in [-0.4, -0.2) is 22.7 Å². The highest BCUT2D eigenvalue weighted by Crippen LogP contribution is 2.34. The van der Waals surface area contributed by atoms with Gasteiger partial charge >= 0.3 is 0 Å². The molecule has 0 bridgehead atoms. The van der Waals surface area contributed by atoms with Gasteiger partial charge in [0.2, 0.25) is 0 Å². The fraction of sp³-hybridized carbons (Fsp3) is 0.179. The molecule has 184 valence electrons.